The highest BCUT2D eigenvalue weighted by atomic mass is 35.5. The van der Waals surface area contributed by atoms with Crippen LogP contribution in [0.1, 0.15) is 10.5 Å². The zero-order valence-corrected chi connectivity index (χ0v) is 7.26. The van der Waals surface area contributed by atoms with Gasteiger partial charge in [0.1, 0.15) is 5.69 Å². The topological polar surface area (TPSA) is 47.0 Å². The second-order valence-corrected chi connectivity index (χ2v) is 2.74. The first-order valence-corrected chi connectivity index (χ1v) is 3.72. The predicted molar refractivity (Wildman–Crippen MR) is 44.4 cm³/mol. The van der Waals surface area contributed by atoms with Gasteiger partial charge >= 0.3 is 0 Å². The van der Waals surface area contributed by atoms with Crippen molar-refractivity contribution in [2.45, 2.75) is 0 Å². The van der Waals surface area contributed by atoms with E-state index in [4.69, 9.17) is 23.2 Å². The van der Waals surface area contributed by atoms with Crippen LogP contribution in [0, 0.1) is 0 Å². The quantitative estimate of drug-likeness (QED) is 0.418. The molecule has 0 saturated carbocycles. The average molecular weight is 204 g/mol. The number of hydrogen-bond acceptors (Lipinski definition) is 3. The fraction of sp³-hybridized carbons (Fsp3) is 0. The lowest BCUT2D eigenvalue weighted by atomic mass is 10.3. The van der Waals surface area contributed by atoms with Crippen molar-refractivity contribution in [3.63, 3.8) is 0 Å². The number of pyridine rings is 1. The Morgan fingerprint density at radius 3 is 2.58 bits per heavy atom. The van der Waals surface area contributed by atoms with E-state index in [1.165, 1.54) is 18.3 Å². The first-order chi connectivity index (χ1) is 5.61. The largest absolute Gasteiger partial charge is 0.294 e. The van der Waals surface area contributed by atoms with Crippen molar-refractivity contribution < 1.29 is 9.59 Å². The third-order valence-electron chi connectivity index (χ3n) is 1.13. The van der Waals surface area contributed by atoms with Crippen LogP contribution in [0.15, 0.2) is 18.3 Å². The molecule has 0 amide bonds. The van der Waals surface area contributed by atoms with Crippen molar-refractivity contribution in [2.24, 2.45) is 0 Å². The van der Waals surface area contributed by atoms with E-state index in [9.17, 15) is 9.59 Å². The maximum Gasteiger partial charge on any atom is 0.294 e. The second kappa shape index (κ2) is 3.65. The van der Waals surface area contributed by atoms with Crippen LogP contribution in [0.25, 0.3) is 0 Å². The molecule has 0 fully saturated rings. The van der Waals surface area contributed by atoms with Gasteiger partial charge in [0.05, 0.1) is 0 Å². The molecule has 3 nitrogen and oxygen atoms in total. The van der Waals surface area contributed by atoms with Crippen molar-refractivity contribution in [1.29, 1.82) is 0 Å². The van der Waals surface area contributed by atoms with Gasteiger partial charge in [-0.15, -0.1) is 0 Å². The van der Waals surface area contributed by atoms with Crippen molar-refractivity contribution in [2.75, 3.05) is 0 Å². The van der Waals surface area contributed by atoms with Gasteiger partial charge in [-0.2, -0.15) is 0 Å². The van der Waals surface area contributed by atoms with Crippen molar-refractivity contribution in [3.05, 3.63) is 29.0 Å². The molecule has 12 heavy (non-hydrogen) atoms. The van der Waals surface area contributed by atoms with E-state index in [1.54, 1.807) is 0 Å². The van der Waals surface area contributed by atoms with E-state index in [1.807, 2.05) is 0 Å². The van der Waals surface area contributed by atoms with Gasteiger partial charge < -0.3 is 0 Å². The SMILES string of the molecule is O=C(Cl)C(=O)c1cc(Cl)ccn1. The number of hydrogen-bond donors (Lipinski definition) is 0. The number of carbonyl (C=O) groups excluding carboxylic acids is 2. The maximum atomic E-state index is 10.9. The molecule has 0 spiro atoms. The van der Waals surface area contributed by atoms with Gasteiger partial charge in [0, 0.05) is 11.2 Å². The first kappa shape index (κ1) is 9.16. The maximum absolute atomic E-state index is 10.9. The van der Waals surface area contributed by atoms with Gasteiger partial charge in [0.25, 0.3) is 11.0 Å². The summed E-state index contributed by atoms with van der Waals surface area (Å²) in [6.07, 6.45) is 1.33. The molecule has 0 aromatic carbocycles. The minimum Gasteiger partial charge on any atom is -0.282 e. The molecule has 0 aliphatic heterocycles. The van der Waals surface area contributed by atoms with Crippen LogP contribution in [0.3, 0.4) is 0 Å². The monoisotopic (exact) mass is 203 g/mol. The molecule has 1 rings (SSSR count). The van der Waals surface area contributed by atoms with E-state index in [-0.39, 0.29) is 5.69 Å². The summed E-state index contributed by atoms with van der Waals surface area (Å²) in [4.78, 5) is 24.9. The van der Waals surface area contributed by atoms with Crippen LogP contribution in [0.4, 0.5) is 0 Å². The molecule has 0 bridgehead atoms. The lowest BCUT2D eigenvalue weighted by Gasteiger charge is -1.93. The summed E-state index contributed by atoms with van der Waals surface area (Å²) >= 11 is 10.5. The molecule has 5 heteroatoms. The van der Waals surface area contributed by atoms with Crippen molar-refractivity contribution in [1.82, 2.24) is 4.98 Å². The summed E-state index contributed by atoms with van der Waals surface area (Å²) in [6, 6.07) is 2.78. The van der Waals surface area contributed by atoms with Crippen molar-refractivity contribution >= 4 is 34.2 Å². The molecular weight excluding hydrogens is 201 g/mol. The lowest BCUT2D eigenvalue weighted by Crippen LogP contribution is -2.08. The fourth-order valence-corrected chi connectivity index (χ4v) is 0.886. The lowest BCUT2D eigenvalue weighted by molar-refractivity contribution is -0.108. The molecule has 1 aromatic rings. The molecule has 0 aliphatic carbocycles. The third kappa shape index (κ3) is 2.03. The number of Topliss-reactive ketones (excluding diaryl/α,β-unsaturated/α-hetero) is 1. The van der Waals surface area contributed by atoms with E-state index in [2.05, 4.69) is 4.98 Å². The predicted octanol–water partition coefficient (Wildman–Crippen LogP) is 1.68. The highest BCUT2D eigenvalue weighted by molar-refractivity contribution is 6.83. The first-order valence-electron chi connectivity index (χ1n) is 2.97. The standard InChI is InChI=1S/C7H3Cl2NO2/c8-4-1-2-10-5(3-4)6(11)7(9)12/h1-3H. The summed E-state index contributed by atoms with van der Waals surface area (Å²) in [6.45, 7) is 0. The van der Waals surface area contributed by atoms with Gasteiger partial charge in [-0.3, -0.25) is 14.6 Å². The molecule has 62 valence electrons. The second-order valence-electron chi connectivity index (χ2n) is 1.96. The van der Waals surface area contributed by atoms with Crippen LogP contribution in [-0.4, -0.2) is 16.0 Å². The Morgan fingerprint density at radius 1 is 1.42 bits per heavy atom. The van der Waals surface area contributed by atoms with Crippen LogP contribution >= 0.6 is 23.2 Å². The van der Waals surface area contributed by atoms with E-state index >= 15 is 0 Å². The van der Waals surface area contributed by atoms with Crippen molar-refractivity contribution in [3.8, 4) is 0 Å². The molecule has 0 radical (unpaired) electrons. The molecule has 1 aromatic heterocycles. The molecule has 0 saturated heterocycles. The number of halogens is 2. The number of ketones is 1. The Morgan fingerprint density at radius 2 is 2.08 bits per heavy atom. The summed E-state index contributed by atoms with van der Waals surface area (Å²) in [7, 11) is 0. The number of nitrogens with zero attached hydrogens (tertiary/aromatic N) is 1. The van der Waals surface area contributed by atoms with Gasteiger partial charge in [-0.05, 0) is 23.7 Å². The number of aromatic nitrogens is 1. The molecule has 0 aliphatic rings. The number of rotatable bonds is 2. The van der Waals surface area contributed by atoms with E-state index in [0.29, 0.717) is 5.02 Å². The third-order valence-corrected chi connectivity index (χ3v) is 1.54. The van der Waals surface area contributed by atoms with E-state index < -0.39 is 11.0 Å². The minimum absolute atomic E-state index is 0.0394. The summed E-state index contributed by atoms with van der Waals surface area (Å²) in [5, 5.41) is -0.726. The Hall–Kier alpha value is -0.930. The van der Waals surface area contributed by atoms with Crippen LogP contribution in [0.2, 0.25) is 5.02 Å². The number of carbonyl (C=O) groups is 2. The average Bonchev–Trinajstić information content (AvgIpc) is 2.03. The molecule has 0 atom stereocenters. The Bertz CT molecular complexity index is 338. The minimum atomic E-state index is -1.07. The summed E-state index contributed by atoms with van der Waals surface area (Å²) in [5.41, 5.74) is -0.0394. The van der Waals surface area contributed by atoms with Gasteiger partial charge in [0.2, 0.25) is 0 Å². The molecule has 0 N–H and O–H groups in total. The Labute approximate surface area is 78.3 Å². The van der Waals surface area contributed by atoms with Crippen LogP contribution in [-0.2, 0) is 4.79 Å². The van der Waals surface area contributed by atoms with Gasteiger partial charge in [0.15, 0.2) is 0 Å². The Kier molecular flexibility index (Phi) is 2.78. The molecular formula is C7H3Cl2NO2. The molecule has 1 heterocycles. The highest BCUT2D eigenvalue weighted by Gasteiger charge is 2.14. The zero-order valence-electron chi connectivity index (χ0n) is 5.75. The fourth-order valence-electron chi connectivity index (χ4n) is 0.630. The zero-order chi connectivity index (χ0) is 9.14. The normalized spacial score (nSPS) is 9.50. The highest BCUT2D eigenvalue weighted by Crippen LogP contribution is 2.09. The molecule has 0 unspecified atom stereocenters. The summed E-state index contributed by atoms with van der Waals surface area (Å²) < 4.78 is 0. The Balaban J connectivity index is 3.04. The van der Waals surface area contributed by atoms with Gasteiger partial charge in [-0.25, -0.2) is 0 Å². The van der Waals surface area contributed by atoms with Gasteiger partial charge in [-0.1, -0.05) is 11.6 Å². The van der Waals surface area contributed by atoms with E-state index in [0.717, 1.165) is 0 Å². The smallest absolute Gasteiger partial charge is 0.282 e. The van der Waals surface area contributed by atoms with Crippen LogP contribution < -0.4 is 0 Å². The van der Waals surface area contributed by atoms with Crippen LogP contribution in [0.5, 0.6) is 0 Å². The summed E-state index contributed by atoms with van der Waals surface area (Å²) in [5.74, 6) is -0.848.